The predicted molar refractivity (Wildman–Crippen MR) is 52.3 cm³/mol. The Bertz CT molecular complexity index is 470. The largest absolute Gasteiger partial charge is 0.390 e. The molecule has 0 radical (unpaired) electrons. The van der Waals surface area contributed by atoms with E-state index in [1.165, 1.54) is 4.68 Å². The molecule has 0 amide bonds. The minimum atomic E-state index is -3.35. The summed E-state index contributed by atoms with van der Waals surface area (Å²) in [5.41, 5.74) is 0.0915. The third kappa shape index (κ3) is 1.92. The first-order valence-corrected chi connectivity index (χ1v) is 4.60. The van der Waals surface area contributed by atoms with Gasteiger partial charge in [0.05, 0.1) is 11.9 Å². The number of para-hydroxylation sites is 1. The molecule has 0 saturated heterocycles. The van der Waals surface area contributed by atoms with E-state index >= 15 is 0 Å². The molecule has 4 nitrogen and oxygen atoms in total. The summed E-state index contributed by atoms with van der Waals surface area (Å²) in [6, 6.07) is 8.77. The number of aliphatic hydroxyl groups excluding tert-OH is 1. The molecule has 0 atom stereocenters. The van der Waals surface area contributed by atoms with Crippen molar-refractivity contribution in [1.29, 1.82) is 0 Å². The predicted octanol–water partition coefficient (Wildman–Crippen LogP) is 1.35. The van der Waals surface area contributed by atoms with Crippen molar-refractivity contribution in [2.45, 2.75) is 5.92 Å². The fourth-order valence-corrected chi connectivity index (χ4v) is 1.22. The van der Waals surface area contributed by atoms with Crippen molar-refractivity contribution in [1.82, 2.24) is 15.0 Å². The molecular weight excluding hydrogens is 216 g/mol. The maximum Gasteiger partial charge on any atom is 0.315 e. The third-order valence-corrected chi connectivity index (χ3v) is 2.09. The Kier molecular flexibility index (Phi) is 2.66. The number of aliphatic hydroxyl groups is 1. The fourth-order valence-electron chi connectivity index (χ4n) is 1.22. The Labute approximate surface area is 90.1 Å². The molecule has 0 fully saturated rings. The van der Waals surface area contributed by atoms with Crippen molar-refractivity contribution in [2.75, 3.05) is 6.61 Å². The molecule has 1 aromatic carbocycles. The summed E-state index contributed by atoms with van der Waals surface area (Å²) in [5, 5.41) is 15.4. The van der Waals surface area contributed by atoms with Crippen molar-refractivity contribution in [3.05, 3.63) is 42.2 Å². The third-order valence-electron chi connectivity index (χ3n) is 2.09. The van der Waals surface area contributed by atoms with Gasteiger partial charge in [0.1, 0.15) is 6.61 Å². The van der Waals surface area contributed by atoms with Crippen LogP contribution in [0.4, 0.5) is 8.78 Å². The van der Waals surface area contributed by atoms with E-state index in [-0.39, 0.29) is 0 Å². The number of benzene rings is 1. The van der Waals surface area contributed by atoms with Crippen LogP contribution in [0.3, 0.4) is 0 Å². The molecule has 1 N–H and O–H groups in total. The van der Waals surface area contributed by atoms with Crippen molar-refractivity contribution in [2.24, 2.45) is 0 Å². The van der Waals surface area contributed by atoms with Crippen LogP contribution in [0.2, 0.25) is 0 Å². The van der Waals surface area contributed by atoms with Crippen LogP contribution in [0, 0.1) is 0 Å². The van der Waals surface area contributed by atoms with Gasteiger partial charge in [-0.05, 0) is 12.1 Å². The number of aromatic nitrogens is 3. The van der Waals surface area contributed by atoms with Gasteiger partial charge in [-0.25, -0.2) is 4.68 Å². The zero-order chi connectivity index (χ0) is 11.6. The highest BCUT2D eigenvalue weighted by Gasteiger charge is 2.34. The van der Waals surface area contributed by atoms with Gasteiger partial charge in [0.25, 0.3) is 0 Å². The van der Waals surface area contributed by atoms with E-state index in [1.54, 1.807) is 24.3 Å². The lowest BCUT2D eigenvalue weighted by atomic mass is 10.3. The number of rotatable bonds is 3. The molecule has 6 heteroatoms. The molecule has 0 spiro atoms. The first kappa shape index (κ1) is 10.7. The average molecular weight is 225 g/mol. The molecule has 0 saturated carbocycles. The van der Waals surface area contributed by atoms with E-state index < -0.39 is 18.2 Å². The quantitative estimate of drug-likeness (QED) is 0.857. The number of halogens is 2. The summed E-state index contributed by atoms with van der Waals surface area (Å²) < 4.78 is 27.3. The van der Waals surface area contributed by atoms with Crippen LogP contribution in [-0.4, -0.2) is 26.7 Å². The second-order valence-corrected chi connectivity index (χ2v) is 3.25. The van der Waals surface area contributed by atoms with Gasteiger partial charge in [0.2, 0.25) is 0 Å². The van der Waals surface area contributed by atoms with Crippen LogP contribution in [-0.2, 0) is 5.92 Å². The van der Waals surface area contributed by atoms with Crippen LogP contribution in [0.5, 0.6) is 0 Å². The van der Waals surface area contributed by atoms with Crippen LogP contribution >= 0.6 is 0 Å². The molecule has 84 valence electrons. The van der Waals surface area contributed by atoms with Gasteiger partial charge in [-0.1, -0.05) is 23.4 Å². The maximum atomic E-state index is 13.0. The normalized spacial score (nSPS) is 11.7. The fraction of sp³-hybridized carbons (Fsp3) is 0.200. The minimum absolute atomic E-state index is 0.543. The summed E-state index contributed by atoms with van der Waals surface area (Å²) in [6.07, 6.45) is 1.10. The summed E-state index contributed by atoms with van der Waals surface area (Å²) in [6.45, 7) is -1.28. The van der Waals surface area contributed by atoms with Crippen LogP contribution in [0.1, 0.15) is 5.69 Å². The van der Waals surface area contributed by atoms with Crippen LogP contribution in [0.25, 0.3) is 5.69 Å². The highest BCUT2D eigenvalue weighted by molar-refractivity contribution is 5.30. The average Bonchev–Trinajstić information content (AvgIpc) is 2.80. The van der Waals surface area contributed by atoms with Crippen LogP contribution in [0.15, 0.2) is 36.5 Å². The lowest BCUT2D eigenvalue weighted by Crippen LogP contribution is -2.18. The van der Waals surface area contributed by atoms with Crippen molar-refractivity contribution in [3.63, 3.8) is 0 Å². The topological polar surface area (TPSA) is 50.9 Å². The van der Waals surface area contributed by atoms with E-state index in [1.807, 2.05) is 6.07 Å². The molecule has 0 unspecified atom stereocenters. The summed E-state index contributed by atoms with van der Waals surface area (Å²) in [7, 11) is 0. The van der Waals surface area contributed by atoms with Gasteiger partial charge in [0, 0.05) is 0 Å². The highest BCUT2D eigenvalue weighted by atomic mass is 19.3. The molecule has 0 aliphatic rings. The van der Waals surface area contributed by atoms with Gasteiger partial charge < -0.3 is 5.11 Å². The Morgan fingerprint density at radius 2 is 1.94 bits per heavy atom. The minimum Gasteiger partial charge on any atom is -0.390 e. The van der Waals surface area contributed by atoms with Gasteiger partial charge in [0.15, 0.2) is 5.69 Å². The smallest absolute Gasteiger partial charge is 0.315 e. The SMILES string of the molecule is OCC(F)(F)c1cn(-c2ccccc2)nn1. The molecule has 1 heterocycles. The Morgan fingerprint density at radius 3 is 2.56 bits per heavy atom. The second-order valence-electron chi connectivity index (χ2n) is 3.25. The molecular formula is C10H9F2N3O. The standard InChI is InChI=1S/C10H9F2N3O/c11-10(12,7-16)9-6-15(14-13-9)8-4-2-1-3-5-8/h1-6,16H,7H2. The molecule has 16 heavy (non-hydrogen) atoms. The molecule has 0 aliphatic carbocycles. The van der Waals surface area contributed by atoms with Gasteiger partial charge >= 0.3 is 5.92 Å². The van der Waals surface area contributed by atoms with Crippen molar-refractivity contribution in [3.8, 4) is 5.69 Å². The van der Waals surface area contributed by atoms with E-state index in [0.29, 0.717) is 5.69 Å². The van der Waals surface area contributed by atoms with E-state index in [0.717, 1.165) is 6.20 Å². The van der Waals surface area contributed by atoms with E-state index in [9.17, 15) is 8.78 Å². The number of hydrogen-bond donors (Lipinski definition) is 1. The lowest BCUT2D eigenvalue weighted by Gasteiger charge is -2.07. The number of nitrogens with zero attached hydrogens (tertiary/aromatic N) is 3. The molecule has 2 aromatic rings. The highest BCUT2D eigenvalue weighted by Crippen LogP contribution is 2.25. The number of hydrogen-bond acceptors (Lipinski definition) is 3. The lowest BCUT2D eigenvalue weighted by molar-refractivity contribution is -0.0593. The first-order chi connectivity index (χ1) is 7.63. The van der Waals surface area contributed by atoms with Crippen molar-refractivity contribution < 1.29 is 13.9 Å². The van der Waals surface area contributed by atoms with E-state index in [2.05, 4.69) is 10.3 Å². The maximum absolute atomic E-state index is 13.0. The first-order valence-electron chi connectivity index (χ1n) is 4.60. The van der Waals surface area contributed by atoms with Crippen molar-refractivity contribution >= 4 is 0 Å². The Balaban J connectivity index is 2.34. The van der Waals surface area contributed by atoms with Gasteiger partial charge in [-0.3, -0.25) is 0 Å². The summed E-state index contributed by atoms with van der Waals surface area (Å²) in [5.74, 6) is -3.35. The Morgan fingerprint density at radius 1 is 1.25 bits per heavy atom. The molecule has 0 bridgehead atoms. The molecule has 2 rings (SSSR count). The zero-order valence-electron chi connectivity index (χ0n) is 8.22. The molecule has 1 aromatic heterocycles. The van der Waals surface area contributed by atoms with Gasteiger partial charge in [-0.15, -0.1) is 5.10 Å². The monoisotopic (exact) mass is 225 g/mol. The molecule has 0 aliphatic heterocycles. The second kappa shape index (κ2) is 3.97. The Hall–Kier alpha value is -1.82. The summed E-state index contributed by atoms with van der Waals surface area (Å²) >= 11 is 0. The number of alkyl halides is 2. The van der Waals surface area contributed by atoms with E-state index in [4.69, 9.17) is 5.11 Å². The van der Waals surface area contributed by atoms with Gasteiger partial charge in [-0.2, -0.15) is 8.78 Å². The van der Waals surface area contributed by atoms with Crippen LogP contribution < -0.4 is 0 Å². The summed E-state index contributed by atoms with van der Waals surface area (Å²) in [4.78, 5) is 0. The zero-order valence-corrected chi connectivity index (χ0v) is 8.22.